The van der Waals surface area contributed by atoms with Gasteiger partial charge in [-0.3, -0.25) is 0 Å². The molecule has 0 aromatic heterocycles. The minimum Gasteiger partial charge on any atom is -0.171 e. The Labute approximate surface area is 63.8 Å². The molecule has 0 saturated heterocycles. The van der Waals surface area contributed by atoms with Crippen molar-refractivity contribution in [1.29, 1.82) is 0 Å². The molecule has 2 aliphatic carbocycles. The Balaban J connectivity index is 1.98. The summed E-state index contributed by atoms with van der Waals surface area (Å²) in [5.41, 5.74) is 0.139. The van der Waals surface area contributed by atoms with Gasteiger partial charge in [-0.25, -0.2) is 0 Å². The highest BCUT2D eigenvalue weighted by atomic mass is 19.4. The van der Waals surface area contributed by atoms with E-state index in [4.69, 9.17) is 0 Å². The van der Waals surface area contributed by atoms with Gasteiger partial charge in [-0.1, -0.05) is 13.3 Å². The summed E-state index contributed by atoms with van der Waals surface area (Å²) in [6.45, 7) is 1.99. The molecule has 2 fully saturated rings. The lowest BCUT2D eigenvalue weighted by molar-refractivity contribution is -0.207. The first kappa shape index (κ1) is 7.44. The van der Waals surface area contributed by atoms with Crippen molar-refractivity contribution in [1.82, 2.24) is 0 Å². The van der Waals surface area contributed by atoms with E-state index in [1.807, 2.05) is 6.92 Å². The maximum atomic E-state index is 12.1. The fourth-order valence-corrected chi connectivity index (χ4v) is 2.50. The minimum absolute atomic E-state index is 0.00694. The summed E-state index contributed by atoms with van der Waals surface area (Å²) in [5.74, 6) is -0.963. The van der Waals surface area contributed by atoms with Gasteiger partial charge in [-0.2, -0.15) is 13.2 Å². The summed E-state index contributed by atoms with van der Waals surface area (Å²) in [7, 11) is 0. The molecule has 0 N–H and O–H groups in total. The Kier molecular flexibility index (Phi) is 1.18. The van der Waals surface area contributed by atoms with Gasteiger partial charge in [0.05, 0.1) is 5.92 Å². The molecule has 0 spiro atoms. The first-order chi connectivity index (χ1) is 4.99. The fourth-order valence-electron chi connectivity index (χ4n) is 2.50. The van der Waals surface area contributed by atoms with Crippen LogP contribution in [-0.4, -0.2) is 6.18 Å². The minimum atomic E-state index is -3.92. The third kappa shape index (κ3) is 0.828. The second-order valence-corrected chi connectivity index (χ2v) is 3.88. The summed E-state index contributed by atoms with van der Waals surface area (Å²) in [5, 5.41) is 0. The lowest BCUT2D eigenvalue weighted by Crippen LogP contribution is -2.37. The second kappa shape index (κ2) is 1.75. The standard InChI is InChI=1S/C8H11F3/c1-2-7-3-5(7)6(4-7)8(9,10)11/h5-6H,2-4H2,1H3. The summed E-state index contributed by atoms with van der Waals surface area (Å²) in [4.78, 5) is 0. The number of halogens is 3. The van der Waals surface area contributed by atoms with Gasteiger partial charge in [0.25, 0.3) is 0 Å². The SMILES string of the molecule is CCC12CC(C(F)(F)F)C1C2. The molecule has 2 aliphatic rings. The maximum Gasteiger partial charge on any atom is 0.392 e. The van der Waals surface area contributed by atoms with E-state index in [-0.39, 0.29) is 11.3 Å². The van der Waals surface area contributed by atoms with E-state index in [1.54, 1.807) is 0 Å². The van der Waals surface area contributed by atoms with Gasteiger partial charge in [-0.15, -0.1) is 0 Å². The molecule has 2 saturated carbocycles. The zero-order chi connectivity index (χ0) is 8.28. The van der Waals surface area contributed by atoms with E-state index >= 15 is 0 Å². The van der Waals surface area contributed by atoms with Crippen molar-refractivity contribution in [3.05, 3.63) is 0 Å². The fraction of sp³-hybridized carbons (Fsp3) is 1.00. The Morgan fingerprint density at radius 3 is 2.27 bits per heavy atom. The zero-order valence-corrected chi connectivity index (χ0v) is 6.41. The maximum absolute atomic E-state index is 12.1. The normalized spacial score (nSPS) is 48.0. The third-order valence-electron chi connectivity index (χ3n) is 3.49. The molecule has 3 atom stereocenters. The average molecular weight is 164 g/mol. The lowest BCUT2D eigenvalue weighted by Gasteiger charge is -2.35. The number of fused-ring (bicyclic) bond motifs is 1. The molecule has 11 heavy (non-hydrogen) atoms. The average Bonchev–Trinajstić information content (AvgIpc) is 2.35. The molecule has 3 unspecified atom stereocenters. The van der Waals surface area contributed by atoms with Crippen LogP contribution < -0.4 is 0 Å². The predicted octanol–water partition coefficient (Wildman–Crippen LogP) is 2.98. The zero-order valence-electron chi connectivity index (χ0n) is 6.41. The van der Waals surface area contributed by atoms with Crippen LogP contribution in [0.4, 0.5) is 13.2 Å². The quantitative estimate of drug-likeness (QED) is 0.558. The van der Waals surface area contributed by atoms with E-state index in [0.717, 1.165) is 12.8 Å². The molecule has 0 aromatic carbocycles. The van der Waals surface area contributed by atoms with E-state index in [9.17, 15) is 13.2 Å². The van der Waals surface area contributed by atoms with Crippen LogP contribution in [0.15, 0.2) is 0 Å². The van der Waals surface area contributed by atoms with E-state index < -0.39 is 12.1 Å². The molecule has 0 amide bonds. The lowest BCUT2D eigenvalue weighted by atomic mass is 9.73. The summed E-state index contributed by atoms with van der Waals surface area (Å²) in [6.07, 6.45) is -1.75. The van der Waals surface area contributed by atoms with Gasteiger partial charge in [0.2, 0.25) is 0 Å². The molecule has 0 heterocycles. The van der Waals surface area contributed by atoms with Crippen LogP contribution in [0.3, 0.4) is 0 Å². The molecular formula is C8H11F3. The van der Waals surface area contributed by atoms with Crippen molar-refractivity contribution in [3.8, 4) is 0 Å². The van der Waals surface area contributed by atoms with E-state index in [1.165, 1.54) is 0 Å². The van der Waals surface area contributed by atoms with Crippen LogP contribution in [0.2, 0.25) is 0 Å². The Bertz CT molecular complexity index is 184. The molecule has 64 valence electrons. The monoisotopic (exact) mass is 164 g/mol. The molecule has 2 rings (SSSR count). The molecule has 0 aromatic rings. The summed E-state index contributed by atoms with van der Waals surface area (Å²) >= 11 is 0. The summed E-state index contributed by atoms with van der Waals surface area (Å²) < 4.78 is 36.3. The molecule has 3 heteroatoms. The number of alkyl halides is 3. The van der Waals surface area contributed by atoms with Crippen molar-refractivity contribution in [3.63, 3.8) is 0 Å². The van der Waals surface area contributed by atoms with Crippen molar-refractivity contribution in [2.24, 2.45) is 17.3 Å². The van der Waals surface area contributed by atoms with E-state index in [0.29, 0.717) is 6.42 Å². The van der Waals surface area contributed by atoms with Gasteiger partial charge in [0.15, 0.2) is 0 Å². The Morgan fingerprint density at radius 1 is 1.36 bits per heavy atom. The van der Waals surface area contributed by atoms with Gasteiger partial charge in [0.1, 0.15) is 0 Å². The largest absolute Gasteiger partial charge is 0.392 e. The van der Waals surface area contributed by atoms with Crippen molar-refractivity contribution in [2.75, 3.05) is 0 Å². The van der Waals surface area contributed by atoms with Crippen molar-refractivity contribution >= 4 is 0 Å². The summed E-state index contributed by atoms with van der Waals surface area (Å²) in [6, 6.07) is 0. The van der Waals surface area contributed by atoms with Crippen LogP contribution >= 0.6 is 0 Å². The first-order valence-corrected chi connectivity index (χ1v) is 4.06. The highest BCUT2D eigenvalue weighted by Crippen LogP contribution is 2.75. The van der Waals surface area contributed by atoms with Crippen molar-refractivity contribution in [2.45, 2.75) is 32.4 Å². The van der Waals surface area contributed by atoms with Crippen LogP contribution in [-0.2, 0) is 0 Å². The van der Waals surface area contributed by atoms with Crippen LogP contribution in [0.25, 0.3) is 0 Å². The van der Waals surface area contributed by atoms with Gasteiger partial charge in [-0.05, 0) is 24.2 Å². The Hall–Kier alpha value is -0.210. The highest BCUT2D eigenvalue weighted by molar-refractivity contribution is 5.15. The smallest absolute Gasteiger partial charge is 0.171 e. The highest BCUT2D eigenvalue weighted by Gasteiger charge is 2.72. The Morgan fingerprint density at radius 2 is 2.00 bits per heavy atom. The topological polar surface area (TPSA) is 0 Å². The number of hydrogen-bond donors (Lipinski definition) is 0. The predicted molar refractivity (Wildman–Crippen MR) is 35.0 cm³/mol. The molecule has 0 nitrogen and oxygen atoms in total. The van der Waals surface area contributed by atoms with Gasteiger partial charge < -0.3 is 0 Å². The molecule has 0 aliphatic heterocycles. The van der Waals surface area contributed by atoms with Crippen molar-refractivity contribution < 1.29 is 13.2 Å². The molecule has 0 radical (unpaired) electrons. The molecular weight excluding hydrogens is 153 g/mol. The molecule has 0 bridgehead atoms. The van der Waals surface area contributed by atoms with Crippen LogP contribution in [0, 0.1) is 17.3 Å². The van der Waals surface area contributed by atoms with E-state index in [2.05, 4.69) is 0 Å². The van der Waals surface area contributed by atoms with Gasteiger partial charge in [0, 0.05) is 0 Å². The van der Waals surface area contributed by atoms with Crippen LogP contribution in [0.1, 0.15) is 26.2 Å². The number of hydrogen-bond acceptors (Lipinski definition) is 0. The first-order valence-electron chi connectivity index (χ1n) is 4.06. The second-order valence-electron chi connectivity index (χ2n) is 3.88. The van der Waals surface area contributed by atoms with Gasteiger partial charge >= 0.3 is 6.18 Å². The van der Waals surface area contributed by atoms with Crippen LogP contribution in [0.5, 0.6) is 0 Å². The third-order valence-corrected chi connectivity index (χ3v) is 3.49. The number of rotatable bonds is 1.